The van der Waals surface area contributed by atoms with Crippen LogP contribution in [0.25, 0.3) is 0 Å². The molecule has 0 heterocycles. The number of ether oxygens (including phenoxy) is 1. The van der Waals surface area contributed by atoms with Gasteiger partial charge in [0.15, 0.2) is 0 Å². The Hall–Kier alpha value is -0.650. The average Bonchev–Trinajstić information content (AvgIpc) is 3.15. The zero-order chi connectivity index (χ0) is 13.4. The van der Waals surface area contributed by atoms with E-state index in [9.17, 15) is 4.79 Å². The molecule has 0 saturated heterocycles. The number of nitrogens with two attached hydrogens (primary N) is 1. The van der Waals surface area contributed by atoms with Crippen molar-refractivity contribution in [2.75, 3.05) is 39.9 Å². The number of amides is 1. The predicted octanol–water partition coefficient (Wildman–Crippen LogP) is 0.198. The molecule has 0 bridgehead atoms. The molecule has 1 atom stereocenters. The van der Waals surface area contributed by atoms with Gasteiger partial charge in [-0.3, -0.25) is 9.69 Å². The first-order valence-electron chi connectivity index (χ1n) is 6.92. The van der Waals surface area contributed by atoms with E-state index in [0.29, 0.717) is 19.5 Å². The third-order valence-corrected chi connectivity index (χ3v) is 3.33. The first-order valence-corrected chi connectivity index (χ1v) is 6.92. The number of likely N-dealkylation sites (N-methyl/N-ethyl adjacent to an activating group) is 1. The van der Waals surface area contributed by atoms with E-state index in [0.717, 1.165) is 25.7 Å². The molecule has 106 valence electrons. The zero-order valence-electron chi connectivity index (χ0n) is 11.7. The summed E-state index contributed by atoms with van der Waals surface area (Å²) >= 11 is 0. The molecule has 3 N–H and O–H groups in total. The van der Waals surface area contributed by atoms with E-state index in [1.807, 2.05) is 14.0 Å². The Labute approximate surface area is 110 Å². The maximum absolute atomic E-state index is 11.5. The molecule has 1 amide bonds. The third kappa shape index (κ3) is 6.33. The van der Waals surface area contributed by atoms with Crippen LogP contribution in [0.3, 0.4) is 0 Å². The van der Waals surface area contributed by atoms with E-state index in [1.165, 1.54) is 12.8 Å². The van der Waals surface area contributed by atoms with E-state index in [-0.39, 0.29) is 11.9 Å². The van der Waals surface area contributed by atoms with Gasteiger partial charge in [-0.25, -0.2) is 0 Å². The lowest BCUT2D eigenvalue weighted by Gasteiger charge is -2.26. The average molecular weight is 257 g/mol. The molecule has 0 aromatic rings. The lowest BCUT2D eigenvalue weighted by molar-refractivity contribution is -0.122. The summed E-state index contributed by atoms with van der Waals surface area (Å²) in [6.45, 7) is 5.52. The number of nitrogens with one attached hydrogen (secondary N) is 1. The number of carbonyl (C=O) groups is 1. The van der Waals surface area contributed by atoms with Crippen LogP contribution in [-0.4, -0.2) is 56.7 Å². The molecule has 5 nitrogen and oxygen atoms in total. The maximum atomic E-state index is 11.5. The van der Waals surface area contributed by atoms with Crippen molar-refractivity contribution in [1.29, 1.82) is 0 Å². The summed E-state index contributed by atoms with van der Waals surface area (Å²) in [5.41, 5.74) is 5.72. The fraction of sp³-hybridized carbons (Fsp3) is 0.923. The molecule has 1 saturated carbocycles. The molecular weight excluding hydrogens is 230 g/mol. The van der Waals surface area contributed by atoms with Crippen molar-refractivity contribution in [1.82, 2.24) is 10.2 Å². The highest BCUT2D eigenvalue weighted by Crippen LogP contribution is 2.28. The molecule has 1 fully saturated rings. The number of carbonyl (C=O) groups excluding carboxylic acids is 1. The smallest absolute Gasteiger partial charge is 0.221 e. The van der Waals surface area contributed by atoms with E-state index in [4.69, 9.17) is 10.5 Å². The van der Waals surface area contributed by atoms with Crippen LogP contribution in [0.4, 0.5) is 0 Å². The predicted molar refractivity (Wildman–Crippen MR) is 72.3 cm³/mol. The van der Waals surface area contributed by atoms with Crippen LogP contribution in [0.5, 0.6) is 0 Å². The first-order chi connectivity index (χ1) is 8.67. The van der Waals surface area contributed by atoms with Gasteiger partial charge < -0.3 is 15.8 Å². The van der Waals surface area contributed by atoms with Crippen LogP contribution in [0.1, 0.15) is 26.2 Å². The van der Waals surface area contributed by atoms with E-state index < -0.39 is 0 Å². The van der Waals surface area contributed by atoms with Crippen LogP contribution in [0.2, 0.25) is 0 Å². The van der Waals surface area contributed by atoms with Crippen LogP contribution < -0.4 is 11.1 Å². The van der Waals surface area contributed by atoms with Crippen LogP contribution in [0, 0.1) is 5.92 Å². The van der Waals surface area contributed by atoms with Gasteiger partial charge in [-0.15, -0.1) is 0 Å². The second-order valence-corrected chi connectivity index (χ2v) is 5.05. The molecule has 1 unspecified atom stereocenters. The summed E-state index contributed by atoms with van der Waals surface area (Å²) in [6, 6.07) is 0.0982. The van der Waals surface area contributed by atoms with E-state index >= 15 is 0 Å². The summed E-state index contributed by atoms with van der Waals surface area (Å²) < 4.78 is 5.59. The quantitative estimate of drug-likeness (QED) is 0.549. The SMILES string of the molecule is CCNC(=O)CC(CN)N(C)CCOCC1CC1. The van der Waals surface area contributed by atoms with Crippen LogP contribution >= 0.6 is 0 Å². The monoisotopic (exact) mass is 257 g/mol. The van der Waals surface area contributed by atoms with Crippen molar-refractivity contribution in [2.45, 2.75) is 32.2 Å². The number of hydrogen-bond donors (Lipinski definition) is 2. The highest BCUT2D eigenvalue weighted by molar-refractivity contribution is 5.76. The molecule has 1 aliphatic carbocycles. The Balaban J connectivity index is 2.13. The fourth-order valence-electron chi connectivity index (χ4n) is 1.83. The lowest BCUT2D eigenvalue weighted by atomic mass is 10.1. The van der Waals surface area contributed by atoms with Crippen molar-refractivity contribution in [3.05, 3.63) is 0 Å². The molecule has 1 aliphatic rings. The molecule has 1 rings (SSSR count). The van der Waals surface area contributed by atoms with Crippen molar-refractivity contribution < 1.29 is 9.53 Å². The Morgan fingerprint density at radius 1 is 1.56 bits per heavy atom. The zero-order valence-corrected chi connectivity index (χ0v) is 11.7. The molecule has 0 aromatic carbocycles. The maximum Gasteiger partial charge on any atom is 0.221 e. The Kier molecular flexibility index (Phi) is 7.23. The minimum Gasteiger partial charge on any atom is -0.380 e. The van der Waals surface area contributed by atoms with Gasteiger partial charge in [-0.1, -0.05) is 0 Å². The van der Waals surface area contributed by atoms with Gasteiger partial charge in [0, 0.05) is 38.7 Å². The summed E-state index contributed by atoms with van der Waals surface area (Å²) in [5, 5.41) is 2.80. The molecule has 0 aromatic heterocycles. The van der Waals surface area contributed by atoms with Gasteiger partial charge >= 0.3 is 0 Å². The highest BCUT2D eigenvalue weighted by atomic mass is 16.5. The normalized spacial score (nSPS) is 16.9. The minimum absolute atomic E-state index is 0.0682. The topological polar surface area (TPSA) is 67.6 Å². The Morgan fingerprint density at radius 2 is 2.28 bits per heavy atom. The molecule has 5 heteroatoms. The van der Waals surface area contributed by atoms with Gasteiger partial charge in [0.2, 0.25) is 5.91 Å². The van der Waals surface area contributed by atoms with Gasteiger partial charge in [0.1, 0.15) is 0 Å². The summed E-state index contributed by atoms with van der Waals surface area (Å²) in [6.07, 6.45) is 3.10. The van der Waals surface area contributed by atoms with Gasteiger partial charge in [-0.05, 0) is 32.7 Å². The van der Waals surface area contributed by atoms with Crippen molar-refractivity contribution in [2.24, 2.45) is 11.7 Å². The molecular formula is C13H27N3O2. The third-order valence-electron chi connectivity index (χ3n) is 3.33. The Bertz CT molecular complexity index is 244. The van der Waals surface area contributed by atoms with E-state index in [1.54, 1.807) is 0 Å². The van der Waals surface area contributed by atoms with Crippen LogP contribution in [0.15, 0.2) is 0 Å². The Morgan fingerprint density at radius 3 is 2.83 bits per heavy atom. The summed E-state index contributed by atoms with van der Waals surface area (Å²) in [7, 11) is 2.00. The van der Waals surface area contributed by atoms with Crippen molar-refractivity contribution in [3.63, 3.8) is 0 Å². The largest absolute Gasteiger partial charge is 0.380 e. The highest BCUT2D eigenvalue weighted by Gasteiger charge is 2.21. The summed E-state index contributed by atoms with van der Waals surface area (Å²) in [5.74, 6) is 0.870. The van der Waals surface area contributed by atoms with E-state index in [2.05, 4.69) is 10.2 Å². The molecule has 0 aliphatic heterocycles. The van der Waals surface area contributed by atoms with Gasteiger partial charge in [0.25, 0.3) is 0 Å². The number of rotatable bonds is 10. The van der Waals surface area contributed by atoms with Gasteiger partial charge in [0.05, 0.1) is 6.61 Å². The number of nitrogens with zero attached hydrogens (tertiary/aromatic N) is 1. The second kappa shape index (κ2) is 8.45. The second-order valence-electron chi connectivity index (χ2n) is 5.05. The molecule has 0 radical (unpaired) electrons. The molecule has 0 spiro atoms. The fourth-order valence-corrected chi connectivity index (χ4v) is 1.83. The van der Waals surface area contributed by atoms with Crippen LogP contribution in [-0.2, 0) is 9.53 Å². The van der Waals surface area contributed by atoms with Gasteiger partial charge in [-0.2, -0.15) is 0 Å². The summed E-state index contributed by atoms with van der Waals surface area (Å²) in [4.78, 5) is 13.6. The van der Waals surface area contributed by atoms with Crippen molar-refractivity contribution in [3.8, 4) is 0 Å². The lowest BCUT2D eigenvalue weighted by Crippen LogP contribution is -2.43. The number of hydrogen-bond acceptors (Lipinski definition) is 4. The first kappa shape index (κ1) is 15.4. The minimum atomic E-state index is 0.0682. The van der Waals surface area contributed by atoms with Crippen molar-refractivity contribution >= 4 is 5.91 Å². The standard InChI is InChI=1S/C13H27N3O2/c1-3-15-13(17)8-12(9-14)16(2)6-7-18-10-11-4-5-11/h11-12H,3-10,14H2,1-2H3,(H,15,17). The molecule has 18 heavy (non-hydrogen) atoms.